The van der Waals surface area contributed by atoms with Crippen LogP contribution in [0.1, 0.15) is 40.9 Å². The molecule has 1 aromatic carbocycles. The zero-order valence-corrected chi connectivity index (χ0v) is 15.6. The van der Waals surface area contributed by atoms with Crippen LogP contribution in [0.3, 0.4) is 0 Å². The molecule has 9 heteroatoms. The normalized spacial score (nSPS) is 19.1. The third-order valence-electron chi connectivity index (χ3n) is 5.18. The number of hydrogen-bond acceptors (Lipinski definition) is 6. The lowest BCUT2D eigenvalue weighted by Crippen LogP contribution is -2.52. The average Bonchev–Trinajstić information content (AvgIpc) is 3.27. The predicted molar refractivity (Wildman–Crippen MR) is 99.7 cm³/mol. The van der Waals surface area contributed by atoms with Crippen LogP contribution in [0, 0.1) is 0 Å². The lowest BCUT2D eigenvalue weighted by Gasteiger charge is -2.29. The molecule has 2 N–H and O–H groups in total. The van der Waals surface area contributed by atoms with E-state index in [2.05, 4.69) is 20.9 Å². The summed E-state index contributed by atoms with van der Waals surface area (Å²) in [6.07, 6.45) is 4.27. The first-order chi connectivity index (χ1) is 13.6. The van der Waals surface area contributed by atoms with E-state index in [1.807, 2.05) is 25.4 Å². The Bertz CT molecular complexity index is 938. The van der Waals surface area contributed by atoms with E-state index in [0.29, 0.717) is 18.5 Å². The van der Waals surface area contributed by atoms with Crippen molar-refractivity contribution in [1.82, 2.24) is 30.5 Å². The van der Waals surface area contributed by atoms with Crippen molar-refractivity contribution < 1.29 is 14.4 Å². The number of aromatic nitrogens is 3. The summed E-state index contributed by atoms with van der Waals surface area (Å²) in [6, 6.07) is 4.96. The number of amides is 3. The van der Waals surface area contributed by atoms with Crippen LogP contribution in [-0.2, 0) is 22.6 Å². The first-order valence-corrected chi connectivity index (χ1v) is 9.40. The van der Waals surface area contributed by atoms with Gasteiger partial charge in [-0.25, -0.2) is 4.68 Å². The van der Waals surface area contributed by atoms with Crippen molar-refractivity contribution in [3.8, 4) is 5.69 Å². The van der Waals surface area contributed by atoms with Crippen molar-refractivity contribution in [2.45, 2.75) is 38.3 Å². The van der Waals surface area contributed by atoms with Crippen molar-refractivity contribution in [2.75, 3.05) is 13.6 Å². The summed E-state index contributed by atoms with van der Waals surface area (Å²) in [5.74, 6) is -0.884. The number of benzene rings is 1. The van der Waals surface area contributed by atoms with Crippen LogP contribution in [0.25, 0.3) is 5.69 Å². The molecular weight excluding hydrogens is 360 g/mol. The second kappa shape index (κ2) is 7.51. The quantitative estimate of drug-likeness (QED) is 0.545. The summed E-state index contributed by atoms with van der Waals surface area (Å²) in [4.78, 5) is 37.9. The van der Waals surface area contributed by atoms with Gasteiger partial charge < -0.3 is 10.2 Å². The Morgan fingerprint density at radius 3 is 2.93 bits per heavy atom. The van der Waals surface area contributed by atoms with Gasteiger partial charge in [-0.15, -0.1) is 5.10 Å². The van der Waals surface area contributed by atoms with Gasteiger partial charge in [0.25, 0.3) is 5.91 Å². The minimum absolute atomic E-state index is 0.194. The lowest BCUT2D eigenvalue weighted by atomic mass is 10.0. The topological polar surface area (TPSA) is 109 Å². The number of nitrogens with one attached hydrogen (secondary N) is 2. The first kappa shape index (κ1) is 18.3. The van der Waals surface area contributed by atoms with Crippen molar-refractivity contribution in [3.05, 3.63) is 41.2 Å². The van der Waals surface area contributed by atoms with Crippen molar-refractivity contribution in [3.63, 3.8) is 0 Å². The number of fused-ring (bicyclic) bond motifs is 1. The molecular formula is C19H22N6O3. The van der Waals surface area contributed by atoms with Crippen molar-refractivity contribution in [2.24, 2.45) is 0 Å². The lowest BCUT2D eigenvalue weighted by molar-refractivity contribution is -0.136. The number of carbonyl (C=O) groups excluding carboxylic acids is 3. The van der Waals surface area contributed by atoms with Gasteiger partial charge in [0.1, 0.15) is 6.04 Å². The standard InChI is InChI=1S/C19H22N6O3/c1-20-8-2-3-13-11-25(23-22-13)14-5-4-12-10-24(19(28)15(12)9-14)16-6-7-17(26)21-18(16)27/h4-5,9,11,16,20H,2-3,6-8,10H2,1H3,(H,21,26,27). The highest BCUT2D eigenvalue weighted by atomic mass is 16.2. The fourth-order valence-electron chi connectivity index (χ4n) is 3.67. The molecule has 0 aliphatic carbocycles. The molecule has 0 radical (unpaired) electrons. The summed E-state index contributed by atoms with van der Waals surface area (Å²) < 4.78 is 1.66. The molecule has 1 fully saturated rings. The molecule has 146 valence electrons. The maximum absolute atomic E-state index is 12.9. The fraction of sp³-hybridized carbons (Fsp3) is 0.421. The molecule has 1 saturated heterocycles. The van der Waals surface area contributed by atoms with Gasteiger partial charge in [-0.3, -0.25) is 19.7 Å². The Kier molecular flexibility index (Phi) is 4.91. The highest BCUT2D eigenvalue weighted by Crippen LogP contribution is 2.29. The van der Waals surface area contributed by atoms with Crippen LogP contribution < -0.4 is 10.6 Å². The smallest absolute Gasteiger partial charge is 0.255 e. The number of carbonyl (C=O) groups is 3. The number of nitrogens with zero attached hydrogens (tertiary/aromatic N) is 4. The van der Waals surface area contributed by atoms with E-state index in [1.54, 1.807) is 15.6 Å². The molecule has 0 spiro atoms. The summed E-state index contributed by atoms with van der Waals surface area (Å²) >= 11 is 0. The maximum Gasteiger partial charge on any atom is 0.255 e. The van der Waals surface area contributed by atoms with Gasteiger partial charge in [0.2, 0.25) is 11.8 Å². The minimum atomic E-state index is -0.605. The van der Waals surface area contributed by atoms with Crippen molar-refractivity contribution >= 4 is 17.7 Å². The number of piperidine rings is 1. The second-order valence-electron chi connectivity index (χ2n) is 7.10. The highest BCUT2D eigenvalue weighted by molar-refractivity contribution is 6.05. The molecule has 0 saturated carbocycles. The van der Waals surface area contributed by atoms with Crippen LogP contribution in [-0.4, -0.2) is 57.2 Å². The van der Waals surface area contributed by atoms with Crippen LogP contribution >= 0.6 is 0 Å². The Labute approximate surface area is 162 Å². The van der Waals surface area contributed by atoms with E-state index in [-0.39, 0.29) is 18.2 Å². The van der Waals surface area contributed by atoms with Crippen molar-refractivity contribution in [1.29, 1.82) is 0 Å². The van der Waals surface area contributed by atoms with Gasteiger partial charge in [0.05, 0.1) is 17.6 Å². The van der Waals surface area contributed by atoms with E-state index >= 15 is 0 Å². The monoisotopic (exact) mass is 382 g/mol. The Hall–Kier alpha value is -3.07. The third kappa shape index (κ3) is 3.40. The number of hydrogen-bond donors (Lipinski definition) is 2. The first-order valence-electron chi connectivity index (χ1n) is 9.40. The Morgan fingerprint density at radius 2 is 2.14 bits per heavy atom. The molecule has 1 unspecified atom stereocenters. The molecule has 2 aliphatic rings. The van der Waals surface area contributed by atoms with Gasteiger partial charge in [0.15, 0.2) is 0 Å². The summed E-state index contributed by atoms with van der Waals surface area (Å²) in [5.41, 5.74) is 3.08. The van der Waals surface area contributed by atoms with E-state index in [4.69, 9.17) is 0 Å². The third-order valence-corrected chi connectivity index (χ3v) is 5.18. The molecule has 0 bridgehead atoms. The SMILES string of the molecule is CNCCCc1cn(-c2ccc3c(c2)C(=O)N(C2CCC(=O)NC2=O)C3)nn1. The molecule has 4 rings (SSSR count). The van der Waals surface area contributed by atoms with Gasteiger partial charge >= 0.3 is 0 Å². The molecule has 1 aromatic heterocycles. The molecule has 28 heavy (non-hydrogen) atoms. The summed E-state index contributed by atoms with van der Waals surface area (Å²) in [7, 11) is 1.91. The van der Waals surface area contributed by atoms with Crippen LogP contribution in [0.2, 0.25) is 0 Å². The molecule has 2 aliphatic heterocycles. The summed E-state index contributed by atoms with van der Waals surface area (Å²) in [5, 5.41) is 13.8. The predicted octanol–water partition coefficient (Wildman–Crippen LogP) is 0.180. The van der Waals surface area contributed by atoms with Crippen LogP contribution in [0.15, 0.2) is 24.4 Å². The molecule has 9 nitrogen and oxygen atoms in total. The number of aryl methyl sites for hydroxylation is 1. The second-order valence-corrected chi connectivity index (χ2v) is 7.10. The average molecular weight is 382 g/mol. The van der Waals surface area contributed by atoms with Gasteiger partial charge in [-0.1, -0.05) is 11.3 Å². The van der Waals surface area contributed by atoms with E-state index in [9.17, 15) is 14.4 Å². The zero-order chi connectivity index (χ0) is 19.7. The largest absolute Gasteiger partial charge is 0.322 e. The van der Waals surface area contributed by atoms with E-state index < -0.39 is 11.9 Å². The molecule has 3 amide bonds. The van der Waals surface area contributed by atoms with Gasteiger partial charge in [-0.05, 0) is 50.6 Å². The van der Waals surface area contributed by atoms with Crippen LogP contribution in [0.4, 0.5) is 0 Å². The fourth-order valence-corrected chi connectivity index (χ4v) is 3.67. The maximum atomic E-state index is 12.9. The molecule has 3 heterocycles. The zero-order valence-electron chi connectivity index (χ0n) is 15.6. The number of rotatable bonds is 6. The van der Waals surface area contributed by atoms with Gasteiger partial charge in [0, 0.05) is 18.5 Å². The Morgan fingerprint density at radius 1 is 1.29 bits per heavy atom. The van der Waals surface area contributed by atoms with E-state index in [1.165, 1.54) is 0 Å². The van der Waals surface area contributed by atoms with Gasteiger partial charge in [-0.2, -0.15) is 0 Å². The van der Waals surface area contributed by atoms with E-state index in [0.717, 1.165) is 36.3 Å². The Balaban J connectivity index is 1.52. The summed E-state index contributed by atoms with van der Waals surface area (Å²) in [6.45, 7) is 1.28. The highest BCUT2D eigenvalue weighted by Gasteiger charge is 2.39. The van der Waals surface area contributed by atoms with Crippen LogP contribution in [0.5, 0.6) is 0 Å². The number of imide groups is 1. The molecule has 1 atom stereocenters. The molecule has 2 aromatic rings. The minimum Gasteiger partial charge on any atom is -0.322 e.